The van der Waals surface area contributed by atoms with Gasteiger partial charge in [0, 0.05) is 37.3 Å². The minimum atomic E-state index is -0.768. The van der Waals surface area contributed by atoms with Crippen LogP contribution < -0.4 is 10.1 Å². The Morgan fingerprint density at radius 1 is 1.27 bits per heavy atom. The lowest BCUT2D eigenvalue weighted by Crippen LogP contribution is -2.44. The highest BCUT2D eigenvalue weighted by atomic mass is 16.5. The molecule has 142 valence electrons. The Kier molecular flexibility index (Phi) is 6.11. The van der Waals surface area contributed by atoms with Crippen molar-refractivity contribution in [2.75, 3.05) is 33.3 Å². The van der Waals surface area contributed by atoms with E-state index in [0.29, 0.717) is 32.8 Å². The van der Waals surface area contributed by atoms with E-state index < -0.39 is 5.97 Å². The summed E-state index contributed by atoms with van der Waals surface area (Å²) >= 11 is 0. The first-order valence-corrected chi connectivity index (χ1v) is 9.16. The van der Waals surface area contributed by atoms with Crippen molar-refractivity contribution >= 4 is 11.9 Å². The number of carbonyl (C=O) groups excluding carboxylic acids is 1. The average Bonchev–Trinajstić information content (AvgIpc) is 2.81. The molecule has 1 amide bonds. The summed E-state index contributed by atoms with van der Waals surface area (Å²) in [6, 6.07) is 8.20. The first-order chi connectivity index (χ1) is 12.5. The van der Waals surface area contributed by atoms with Gasteiger partial charge in [0.05, 0.1) is 13.0 Å². The molecule has 2 aliphatic heterocycles. The third-order valence-electron chi connectivity index (χ3n) is 5.33. The normalized spacial score (nSPS) is 23.7. The topological polar surface area (TPSA) is 82.1 Å². The molecule has 7 heteroatoms. The number of carboxylic acid groups (broad SMARTS) is 1. The van der Waals surface area contributed by atoms with E-state index in [1.165, 1.54) is 0 Å². The standard InChI is InChI=1S/C19H27N3O4/c1-21-15(10-19(24)25)6-7-16(21)11-20-18(23)13-22-8-9-26-17-5-3-2-4-14(17)12-22/h2-5,15-16H,6-13H2,1H3,(H,20,23)(H,24,25)/t15-,16+/m1/s1. The molecule has 2 aliphatic rings. The number of hydrogen-bond acceptors (Lipinski definition) is 5. The van der Waals surface area contributed by atoms with Crippen molar-refractivity contribution in [3.05, 3.63) is 29.8 Å². The number of likely N-dealkylation sites (tertiary alicyclic amines) is 1. The van der Waals surface area contributed by atoms with Crippen LogP contribution in [0.3, 0.4) is 0 Å². The number of ether oxygens (including phenoxy) is 1. The summed E-state index contributed by atoms with van der Waals surface area (Å²) in [6.45, 7) is 2.89. The second-order valence-electron chi connectivity index (χ2n) is 7.12. The summed E-state index contributed by atoms with van der Waals surface area (Å²) in [6.07, 6.45) is 1.94. The third kappa shape index (κ3) is 4.74. The number of benzene rings is 1. The fourth-order valence-electron chi connectivity index (χ4n) is 3.79. The molecule has 2 heterocycles. The van der Waals surface area contributed by atoms with Crippen LogP contribution in [-0.4, -0.2) is 72.2 Å². The zero-order valence-electron chi connectivity index (χ0n) is 15.2. The first kappa shape index (κ1) is 18.7. The van der Waals surface area contributed by atoms with E-state index in [1.807, 2.05) is 31.3 Å². The lowest BCUT2D eigenvalue weighted by Gasteiger charge is -2.25. The molecule has 0 aliphatic carbocycles. The van der Waals surface area contributed by atoms with E-state index in [-0.39, 0.29) is 24.4 Å². The molecule has 0 radical (unpaired) electrons. The quantitative estimate of drug-likeness (QED) is 0.785. The molecule has 2 N–H and O–H groups in total. The molecular weight excluding hydrogens is 334 g/mol. The molecule has 3 rings (SSSR count). The molecule has 0 unspecified atom stereocenters. The first-order valence-electron chi connectivity index (χ1n) is 9.16. The van der Waals surface area contributed by atoms with Crippen LogP contribution in [0.15, 0.2) is 24.3 Å². The molecule has 7 nitrogen and oxygen atoms in total. The van der Waals surface area contributed by atoms with E-state index >= 15 is 0 Å². The van der Waals surface area contributed by atoms with Crippen molar-refractivity contribution in [1.82, 2.24) is 15.1 Å². The lowest BCUT2D eigenvalue weighted by atomic mass is 10.1. The number of carboxylic acids is 1. The highest BCUT2D eigenvalue weighted by molar-refractivity contribution is 5.78. The maximum absolute atomic E-state index is 12.4. The summed E-state index contributed by atoms with van der Waals surface area (Å²) < 4.78 is 5.73. The van der Waals surface area contributed by atoms with Crippen LogP contribution in [0.4, 0.5) is 0 Å². The lowest BCUT2D eigenvalue weighted by molar-refractivity contribution is -0.138. The van der Waals surface area contributed by atoms with E-state index in [9.17, 15) is 9.59 Å². The van der Waals surface area contributed by atoms with Crippen LogP contribution in [0.5, 0.6) is 5.75 Å². The molecule has 1 aromatic rings. The maximum Gasteiger partial charge on any atom is 0.304 e. The number of likely N-dealkylation sites (N-methyl/N-ethyl adjacent to an activating group) is 1. The van der Waals surface area contributed by atoms with Crippen molar-refractivity contribution < 1.29 is 19.4 Å². The Morgan fingerprint density at radius 3 is 2.85 bits per heavy atom. The highest BCUT2D eigenvalue weighted by Gasteiger charge is 2.31. The van der Waals surface area contributed by atoms with Crippen LogP contribution in [0.1, 0.15) is 24.8 Å². The number of amides is 1. The summed E-state index contributed by atoms with van der Waals surface area (Å²) in [4.78, 5) is 27.4. The number of nitrogens with one attached hydrogen (secondary N) is 1. The molecule has 1 aromatic carbocycles. The van der Waals surface area contributed by atoms with Crippen LogP contribution in [0.2, 0.25) is 0 Å². The fourth-order valence-corrected chi connectivity index (χ4v) is 3.79. The summed E-state index contributed by atoms with van der Waals surface area (Å²) in [7, 11) is 1.94. The van der Waals surface area contributed by atoms with Gasteiger partial charge < -0.3 is 15.2 Å². The Morgan fingerprint density at radius 2 is 2.04 bits per heavy atom. The Balaban J connectivity index is 1.45. The Bertz CT molecular complexity index is 651. The minimum Gasteiger partial charge on any atom is -0.492 e. The molecule has 1 fully saturated rings. The molecule has 0 saturated carbocycles. The summed E-state index contributed by atoms with van der Waals surface area (Å²) in [5.74, 6) is 0.127. The largest absolute Gasteiger partial charge is 0.492 e. The van der Waals surface area contributed by atoms with Crippen LogP contribution in [-0.2, 0) is 16.1 Å². The van der Waals surface area contributed by atoms with E-state index in [1.54, 1.807) is 0 Å². The second-order valence-corrected chi connectivity index (χ2v) is 7.12. The Hall–Kier alpha value is -2.12. The van der Waals surface area contributed by atoms with Crippen LogP contribution in [0.25, 0.3) is 0 Å². The van der Waals surface area contributed by atoms with Crippen molar-refractivity contribution in [2.24, 2.45) is 0 Å². The summed E-state index contributed by atoms with van der Waals surface area (Å²) in [5.41, 5.74) is 1.10. The number of rotatable bonds is 6. The van der Waals surface area contributed by atoms with Crippen molar-refractivity contribution in [2.45, 2.75) is 37.9 Å². The van der Waals surface area contributed by atoms with Crippen molar-refractivity contribution in [1.29, 1.82) is 0 Å². The van der Waals surface area contributed by atoms with Crippen LogP contribution >= 0.6 is 0 Å². The summed E-state index contributed by atoms with van der Waals surface area (Å²) in [5, 5.41) is 12.0. The monoisotopic (exact) mass is 361 g/mol. The van der Waals surface area contributed by atoms with Gasteiger partial charge in [0.2, 0.25) is 5.91 Å². The molecule has 26 heavy (non-hydrogen) atoms. The number of aliphatic carboxylic acids is 1. The zero-order chi connectivity index (χ0) is 18.5. The average molecular weight is 361 g/mol. The number of para-hydroxylation sites is 1. The third-order valence-corrected chi connectivity index (χ3v) is 5.33. The zero-order valence-corrected chi connectivity index (χ0v) is 15.2. The molecular formula is C19H27N3O4. The van der Waals surface area contributed by atoms with E-state index in [0.717, 1.165) is 24.2 Å². The van der Waals surface area contributed by atoms with Gasteiger partial charge in [-0.3, -0.25) is 19.4 Å². The molecule has 1 saturated heterocycles. The van der Waals surface area contributed by atoms with Crippen molar-refractivity contribution in [3.63, 3.8) is 0 Å². The number of hydrogen-bond donors (Lipinski definition) is 2. The van der Waals surface area contributed by atoms with Gasteiger partial charge in [0.25, 0.3) is 0 Å². The number of carbonyl (C=O) groups is 2. The molecule has 0 aromatic heterocycles. The number of nitrogens with zero attached hydrogens (tertiary/aromatic N) is 2. The van der Waals surface area contributed by atoms with Gasteiger partial charge in [-0.05, 0) is 26.0 Å². The second kappa shape index (κ2) is 8.51. The predicted octanol–water partition coefficient (Wildman–Crippen LogP) is 0.935. The van der Waals surface area contributed by atoms with Gasteiger partial charge in [-0.15, -0.1) is 0 Å². The maximum atomic E-state index is 12.4. The van der Waals surface area contributed by atoms with Gasteiger partial charge in [-0.25, -0.2) is 0 Å². The van der Waals surface area contributed by atoms with Crippen LogP contribution in [0, 0.1) is 0 Å². The smallest absolute Gasteiger partial charge is 0.304 e. The van der Waals surface area contributed by atoms with Gasteiger partial charge in [-0.2, -0.15) is 0 Å². The number of fused-ring (bicyclic) bond motifs is 1. The van der Waals surface area contributed by atoms with Gasteiger partial charge in [-0.1, -0.05) is 18.2 Å². The SMILES string of the molecule is CN1[C@@H](CC(=O)O)CC[C@H]1CNC(=O)CN1CCOc2ccccc2C1. The van der Waals surface area contributed by atoms with E-state index in [4.69, 9.17) is 9.84 Å². The minimum absolute atomic E-state index is 0.000495. The molecule has 0 bridgehead atoms. The van der Waals surface area contributed by atoms with E-state index in [2.05, 4.69) is 15.1 Å². The van der Waals surface area contributed by atoms with Gasteiger partial charge >= 0.3 is 5.97 Å². The van der Waals surface area contributed by atoms with Gasteiger partial charge in [0.15, 0.2) is 0 Å². The van der Waals surface area contributed by atoms with Gasteiger partial charge in [0.1, 0.15) is 12.4 Å². The predicted molar refractivity (Wildman–Crippen MR) is 97.0 cm³/mol. The Labute approximate surface area is 153 Å². The fraction of sp³-hybridized carbons (Fsp3) is 0.579. The highest BCUT2D eigenvalue weighted by Crippen LogP contribution is 2.24. The molecule has 0 spiro atoms. The molecule has 2 atom stereocenters. The van der Waals surface area contributed by atoms with Crippen molar-refractivity contribution in [3.8, 4) is 5.75 Å².